The molecule has 0 aliphatic heterocycles. The molecule has 3 aromatic heterocycles. The Labute approximate surface area is 212 Å². The first-order valence-electron chi connectivity index (χ1n) is 10.9. The van der Waals surface area contributed by atoms with Crippen LogP contribution in [-0.2, 0) is 17.7 Å². The molecule has 9 heteroatoms. The molecule has 0 spiro atoms. The van der Waals surface area contributed by atoms with Crippen LogP contribution in [0.4, 0.5) is 10.6 Å². The van der Waals surface area contributed by atoms with E-state index in [9.17, 15) is 4.79 Å². The van der Waals surface area contributed by atoms with E-state index in [1.165, 1.54) is 0 Å². The van der Waals surface area contributed by atoms with E-state index in [1.807, 2.05) is 75.5 Å². The van der Waals surface area contributed by atoms with Crippen LogP contribution < -0.4 is 10.6 Å². The van der Waals surface area contributed by atoms with Crippen molar-refractivity contribution in [2.45, 2.75) is 52.3 Å². The molecule has 4 aromatic rings. The molecule has 0 bridgehead atoms. The number of aromatic nitrogens is 2. The molecule has 34 heavy (non-hydrogen) atoms. The molecule has 0 saturated carbocycles. The van der Waals surface area contributed by atoms with Crippen LogP contribution >= 0.6 is 34.3 Å². The van der Waals surface area contributed by atoms with Gasteiger partial charge in [0.05, 0.1) is 16.8 Å². The van der Waals surface area contributed by atoms with Gasteiger partial charge in [-0.2, -0.15) is 4.98 Å². The molecule has 4 rings (SSSR count). The lowest BCUT2D eigenvalue weighted by molar-refractivity contribution is 0.0577. The first-order valence-corrected chi connectivity index (χ1v) is 13.0. The summed E-state index contributed by atoms with van der Waals surface area (Å²) in [7, 11) is 0. The Morgan fingerprint density at radius 3 is 2.53 bits per heavy atom. The summed E-state index contributed by atoms with van der Waals surface area (Å²) in [5.74, 6) is 0.441. The molecular weight excluding hydrogens is 488 g/mol. The lowest BCUT2D eigenvalue weighted by Gasteiger charge is -2.26. The second kappa shape index (κ2) is 10.00. The number of halogens is 1. The first-order chi connectivity index (χ1) is 16.1. The van der Waals surface area contributed by atoms with Crippen molar-refractivity contribution >= 4 is 56.4 Å². The van der Waals surface area contributed by atoms with Gasteiger partial charge in [0.15, 0.2) is 5.82 Å². The van der Waals surface area contributed by atoms with E-state index < -0.39 is 11.7 Å². The third-order valence-electron chi connectivity index (χ3n) is 4.89. The minimum absolute atomic E-state index is 0.0458. The third-order valence-corrected chi connectivity index (χ3v) is 7.12. The van der Waals surface area contributed by atoms with Crippen LogP contribution in [0.25, 0.3) is 21.3 Å². The fourth-order valence-corrected chi connectivity index (χ4v) is 5.86. The zero-order valence-electron chi connectivity index (χ0n) is 19.5. The van der Waals surface area contributed by atoms with E-state index in [0.717, 1.165) is 25.6 Å². The van der Waals surface area contributed by atoms with Gasteiger partial charge in [-0.25, -0.2) is 9.78 Å². The van der Waals surface area contributed by atoms with Crippen LogP contribution in [0.1, 0.15) is 37.4 Å². The van der Waals surface area contributed by atoms with Crippen molar-refractivity contribution < 1.29 is 9.53 Å². The fourth-order valence-electron chi connectivity index (χ4n) is 3.60. The predicted octanol–water partition coefficient (Wildman–Crippen LogP) is 6.90. The number of rotatable bonds is 6. The van der Waals surface area contributed by atoms with Crippen LogP contribution in [0.15, 0.2) is 47.8 Å². The molecular formula is C25H27ClN4O2S2. The van der Waals surface area contributed by atoms with Crippen molar-refractivity contribution in [1.29, 1.82) is 0 Å². The molecule has 3 heterocycles. The van der Waals surface area contributed by atoms with Crippen molar-refractivity contribution in [1.82, 2.24) is 9.97 Å². The summed E-state index contributed by atoms with van der Waals surface area (Å²) < 4.78 is 6.53. The number of carbonyl (C=O) groups is 1. The van der Waals surface area contributed by atoms with Crippen molar-refractivity contribution in [3.05, 3.63) is 62.9 Å². The van der Waals surface area contributed by atoms with Crippen LogP contribution in [0.2, 0.25) is 5.28 Å². The molecule has 0 unspecified atom stereocenters. The first kappa shape index (κ1) is 24.6. The monoisotopic (exact) mass is 514 g/mol. The van der Waals surface area contributed by atoms with Gasteiger partial charge >= 0.3 is 6.09 Å². The van der Waals surface area contributed by atoms with Crippen LogP contribution in [0.5, 0.6) is 0 Å². The highest BCUT2D eigenvalue weighted by Gasteiger charge is 2.29. The number of carbonyl (C=O) groups excluding carboxylic acids is 1. The van der Waals surface area contributed by atoms with E-state index in [-0.39, 0.29) is 11.3 Å². The van der Waals surface area contributed by atoms with Crippen molar-refractivity contribution in [3.8, 4) is 11.1 Å². The molecule has 0 radical (unpaired) electrons. The van der Waals surface area contributed by atoms with Crippen LogP contribution in [-0.4, -0.2) is 27.7 Å². The Hall–Kier alpha value is -2.52. The van der Waals surface area contributed by atoms with Gasteiger partial charge in [0.25, 0.3) is 0 Å². The lowest BCUT2D eigenvalue weighted by Crippen LogP contribution is -2.37. The largest absolute Gasteiger partial charge is 0.443 e. The number of hydrogen-bond acceptors (Lipinski definition) is 7. The number of thiophene rings is 2. The Morgan fingerprint density at radius 2 is 1.91 bits per heavy atom. The van der Waals surface area contributed by atoms with Crippen molar-refractivity contribution in [2.24, 2.45) is 5.73 Å². The number of nitrogens with zero attached hydrogens (tertiary/aromatic N) is 3. The molecule has 178 valence electrons. The number of fused-ring (bicyclic) bond motifs is 1. The molecule has 0 fully saturated rings. The highest BCUT2D eigenvalue weighted by Crippen LogP contribution is 2.43. The number of amides is 1. The van der Waals surface area contributed by atoms with E-state index >= 15 is 0 Å². The molecule has 1 aromatic carbocycles. The summed E-state index contributed by atoms with van der Waals surface area (Å²) in [6.45, 7) is 7.82. The maximum absolute atomic E-state index is 13.4. The van der Waals surface area contributed by atoms with Gasteiger partial charge in [-0.1, -0.05) is 36.4 Å². The van der Waals surface area contributed by atoms with Crippen LogP contribution in [0.3, 0.4) is 0 Å². The maximum atomic E-state index is 13.4. The molecule has 1 atom stereocenters. The summed E-state index contributed by atoms with van der Waals surface area (Å²) in [6.07, 6.45) is 0.181. The summed E-state index contributed by atoms with van der Waals surface area (Å²) in [5.41, 5.74) is 8.24. The zero-order valence-corrected chi connectivity index (χ0v) is 21.9. The second-order valence-electron chi connectivity index (χ2n) is 9.09. The highest BCUT2D eigenvalue weighted by atomic mass is 35.5. The normalized spacial score (nSPS) is 12.6. The Bertz CT molecular complexity index is 1280. The molecule has 0 aliphatic carbocycles. The van der Waals surface area contributed by atoms with E-state index in [4.69, 9.17) is 22.1 Å². The minimum atomic E-state index is -0.661. The van der Waals surface area contributed by atoms with Gasteiger partial charge in [0.1, 0.15) is 5.60 Å². The van der Waals surface area contributed by atoms with Crippen molar-refractivity contribution in [2.75, 3.05) is 4.90 Å². The molecule has 0 aliphatic rings. The number of ether oxygens (including phenoxy) is 1. The number of benzene rings is 1. The average molecular weight is 515 g/mol. The Morgan fingerprint density at radius 1 is 1.18 bits per heavy atom. The minimum Gasteiger partial charge on any atom is -0.443 e. The van der Waals surface area contributed by atoms with Gasteiger partial charge < -0.3 is 10.5 Å². The molecule has 0 saturated heterocycles. The standard InChI is InChI=1S/C25H27ClN4O2S2/c1-15(27)13-18-19(16-9-6-5-7-10-16)20-21(34-18)22(29-23(26)28-20)30(14-17-11-8-12-33-17)24(31)32-25(2,3)4/h5-12,15H,13-14,27H2,1-4H3/t15-/m0/s1. The summed E-state index contributed by atoms with van der Waals surface area (Å²) in [4.78, 5) is 26.1. The second-order valence-corrected chi connectivity index (χ2v) is 11.6. The zero-order chi connectivity index (χ0) is 24.5. The smallest absolute Gasteiger partial charge is 0.416 e. The van der Waals surface area contributed by atoms with Gasteiger partial charge in [-0.15, -0.1) is 22.7 Å². The molecule has 6 nitrogen and oxygen atoms in total. The SMILES string of the molecule is C[C@H](N)Cc1sc2c(N(Cc3cccs3)C(=O)OC(C)(C)C)nc(Cl)nc2c1-c1ccccc1. The number of anilines is 1. The maximum Gasteiger partial charge on any atom is 0.416 e. The Kier molecular flexibility index (Phi) is 7.23. The predicted molar refractivity (Wildman–Crippen MR) is 142 cm³/mol. The summed E-state index contributed by atoms with van der Waals surface area (Å²) >= 11 is 9.56. The van der Waals surface area contributed by atoms with E-state index in [0.29, 0.717) is 24.3 Å². The van der Waals surface area contributed by atoms with E-state index in [1.54, 1.807) is 27.6 Å². The molecule has 2 N–H and O–H groups in total. The van der Waals surface area contributed by atoms with Gasteiger partial charge in [0.2, 0.25) is 5.28 Å². The topological polar surface area (TPSA) is 81.3 Å². The van der Waals surface area contributed by atoms with Gasteiger partial charge in [0, 0.05) is 21.4 Å². The number of hydrogen-bond donors (Lipinski definition) is 1. The van der Waals surface area contributed by atoms with Gasteiger partial charge in [-0.05, 0) is 62.7 Å². The van der Waals surface area contributed by atoms with Gasteiger partial charge in [-0.3, -0.25) is 4.90 Å². The third kappa shape index (κ3) is 5.58. The highest BCUT2D eigenvalue weighted by molar-refractivity contribution is 7.20. The fraction of sp³-hybridized carbons (Fsp3) is 0.320. The summed E-state index contributed by atoms with van der Waals surface area (Å²) in [6, 6.07) is 13.9. The lowest BCUT2D eigenvalue weighted by atomic mass is 10.0. The average Bonchev–Trinajstić information content (AvgIpc) is 3.38. The van der Waals surface area contributed by atoms with Crippen molar-refractivity contribution in [3.63, 3.8) is 0 Å². The quantitative estimate of drug-likeness (QED) is 0.283. The van der Waals surface area contributed by atoms with Crippen LogP contribution in [0, 0.1) is 0 Å². The van der Waals surface area contributed by atoms with E-state index in [2.05, 4.69) is 9.97 Å². The summed E-state index contributed by atoms with van der Waals surface area (Å²) in [5, 5.41) is 2.05. The molecule has 1 amide bonds. The number of nitrogens with two attached hydrogens (primary N) is 1. The Balaban J connectivity index is 1.93.